The number of aromatic nitrogens is 2. The molecule has 2 atom stereocenters. The molecule has 1 saturated carbocycles. The number of carbonyl (C=O) groups is 1. The third-order valence-electron chi connectivity index (χ3n) is 5.18. The second-order valence-corrected chi connectivity index (χ2v) is 7.83. The highest BCUT2D eigenvalue weighted by Gasteiger charge is 2.43. The molecule has 6 nitrogen and oxygen atoms in total. The van der Waals surface area contributed by atoms with Gasteiger partial charge in [0.05, 0.1) is 11.7 Å². The van der Waals surface area contributed by atoms with Crippen molar-refractivity contribution >= 4 is 30.5 Å². The fraction of sp³-hybridized carbons (Fsp3) is 0.429. The van der Waals surface area contributed by atoms with Crippen LogP contribution in [0.1, 0.15) is 41.7 Å². The molecule has 0 radical (unpaired) electrons. The van der Waals surface area contributed by atoms with E-state index >= 15 is 0 Å². The highest BCUT2D eigenvalue weighted by molar-refractivity contribution is 7.99. The Morgan fingerprint density at radius 2 is 2.28 bits per heavy atom. The average molecular weight is 418 g/mol. The maximum absolute atomic E-state index is 14.5. The summed E-state index contributed by atoms with van der Waals surface area (Å²) >= 11 is 1.69. The molecule has 2 unspecified atom stereocenters. The molecule has 0 amide bonds. The van der Waals surface area contributed by atoms with Crippen molar-refractivity contribution in [3.8, 4) is 0 Å². The summed E-state index contributed by atoms with van der Waals surface area (Å²) < 4.78 is 14.5. The smallest absolute Gasteiger partial charge is 0.170 e. The number of hydrogen-bond donors (Lipinski definition) is 2. The Kier molecular flexibility index (Phi) is 9.21. The number of aldehydes is 1. The van der Waals surface area contributed by atoms with E-state index in [4.69, 9.17) is 5.73 Å². The zero-order valence-corrected chi connectivity index (χ0v) is 17.5. The second kappa shape index (κ2) is 11.6. The summed E-state index contributed by atoms with van der Waals surface area (Å²) in [6.07, 6.45) is 9.20. The summed E-state index contributed by atoms with van der Waals surface area (Å²) in [5, 5.41) is 3.08. The van der Waals surface area contributed by atoms with Gasteiger partial charge in [0.15, 0.2) is 6.29 Å². The van der Waals surface area contributed by atoms with E-state index < -0.39 is 5.54 Å². The summed E-state index contributed by atoms with van der Waals surface area (Å²) in [7, 11) is 1.84. The van der Waals surface area contributed by atoms with E-state index in [0.29, 0.717) is 29.3 Å². The number of anilines is 1. The third-order valence-corrected chi connectivity index (χ3v) is 6.05. The topological polar surface area (TPSA) is 93.3 Å². The van der Waals surface area contributed by atoms with Gasteiger partial charge in [-0.15, -0.1) is 11.8 Å². The van der Waals surface area contributed by atoms with Gasteiger partial charge in [-0.25, -0.2) is 4.39 Å². The van der Waals surface area contributed by atoms with E-state index in [-0.39, 0.29) is 5.82 Å². The summed E-state index contributed by atoms with van der Waals surface area (Å²) in [5.74, 6) is 1.59. The number of hydrogen-bond acceptors (Lipinski definition) is 7. The van der Waals surface area contributed by atoms with Crippen LogP contribution in [0.3, 0.4) is 0 Å². The van der Waals surface area contributed by atoms with Crippen LogP contribution < -0.4 is 11.1 Å². The Bertz CT molecular complexity index is 792. The number of halogens is 1. The molecule has 0 aliphatic heterocycles. The zero-order valence-electron chi connectivity index (χ0n) is 16.7. The number of aliphatic imine (C=N–C) groups is 1. The number of rotatable bonds is 7. The molecule has 1 heterocycles. The monoisotopic (exact) mass is 417 g/mol. The lowest BCUT2D eigenvalue weighted by atomic mass is 9.69. The fourth-order valence-electron chi connectivity index (χ4n) is 3.69. The van der Waals surface area contributed by atoms with Gasteiger partial charge in [-0.2, -0.15) is 0 Å². The number of carbonyl (C=O) groups excluding carboxylic acids is 1. The van der Waals surface area contributed by atoms with Gasteiger partial charge in [0.25, 0.3) is 0 Å². The number of nitrogens with two attached hydrogens (primary N) is 1. The number of benzene rings is 1. The van der Waals surface area contributed by atoms with Crippen LogP contribution in [0.25, 0.3) is 0 Å². The summed E-state index contributed by atoms with van der Waals surface area (Å²) in [6.45, 7) is 3.81. The molecular weight excluding hydrogens is 389 g/mol. The molecule has 2 aromatic rings. The Morgan fingerprint density at radius 1 is 1.45 bits per heavy atom. The maximum Gasteiger partial charge on any atom is 0.170 e. The first-order valence-electron chi connectivity index (χ1n) is 9.56. The van der Waals surface area contributed by atoms with Crippen molar-refractivity contribution in [3.63, 3.8) is 0 Å². The zero-order chi connectivity index (χ0) is 21.1. The van der Waals surface area contributed by atoms with Crippen molar-refractivity contribution in [1.82, 2.24) is 9.97 Å². The SMILES string of the molecule is C=NC1(c2cc(NC)ccc2F)CCCCC1CSCN.O=Cc1cnccn1. The molecule has 0 saturated heterocycles. The first kappa shape index (κ1) is 23.0. The average Bonchev–Trinajstić information content (AvgIpc) is 2.79. The van der Waals surface area contributed by atoms with E-state index in [0.717, 1.165) is 30.7 Å². The van der Waals surface area contributed by atoms with Gasteiger partial charge in [-0.1, -0.05) is 12.8 Å². The molecule has 1 fully saturated rings. The van der Waals surface area contributed by atoms with Crippen molar-refractivity contribution in [1.29, 1.82) is 0 Å². The highest BCUT2D eigenvalue weighted by atomic mass is 32.2. The first-order chi connectivity index (χ1) is 14.1. The van der Waals surface area contributed by atoms with Gasteiger partial charge in [0.1, 0.15) is 11.5 Å². The lowest BCUT2D eigenvalue weighted by molar-refractivity contribution is 0.111. The van der Waals surface area contributed by atoms with E-state index in [1.54, 1.807) is 17.8 Å². The molecule has 8 heteroatoms. The van der Waals surface area contributed by atoms with Crippen molar-refractivity contribution < 1.29 is 9.18 Å². The molecule has 29 heavy (non-hydrogen) atoms. The van der Waals surface area contributed by atoms with Gasteiger partial charge >= 0.3 is 0 Å². The highest BCUT2D eigenvalue weighted by Crippen LogP contribution is 2.47. The van der Waals surface area contributed by atoms with Crippen LogP contribution in [0.2, 0.25) is 0 Å². The van der Waals surface area contributed by atoms with Gasteiger partial charge < -0.3 is 11.1 Å². The van der Waals surface area contributed by atoms with Crippen LogP contribution in [0, 0.1) is 11.7 Å². The molecular formula is C21H28FN5OS. The van der Waals surface area contributed by atoms with E-state index in [9.17, 15) is 9.18 Å². The van der Waals surface area contributed by atoms with E-state index in [1.165, 1.54) is 31.1 Å². The number of nitrogens with zero attached hydrogens (tertiary/aromatic N) is 3. The molecule has 0 spiro atoms. The van der Waals surface area contributed by atoms with E-state index in [2.05, 4.69) is 27.0 Å². The molecule has 156 valence electrons. The predicted molar refractivity (Wildman–Crippen MR) is 118 cm³/mol. The van der Waals surface area contributed by atoms with Crippen molar-refractivity contribution in [2.24, 2.45) is 16.6 Å². The van der Waals surface area contributed by atoms with Crippen LogP contribution in [0.4, 0.5) is 10.1 Å². The van der Waals surface area contributed by atoms with Gasteiger partial charge in [0, 0.05) is 42.3 Å². The van der Waals surface area contributed by atoms with Crippen molar-refractivity contribution in [2.75, 3.05) is 24.0 Å². The standard InChI is InChI=1S/C16H24FN3S.C5H4N2O/c1-19-13-6-7-15(17)14(9-13)16(20-2)8-4-3-5-12(16)10-21-11-18;8-4-5-3-6-1-2-7-5/h6-7,9,12,19H,2-5,8,10-11,18H2,1H3;1-4H. The summed E-state index contributed by atoms with van der Waals surface area (Å²) in [5.41, 5.74) is 7.05. The number of nitrogens with one attached hydrogen (secondary N) is 1. The van der Waals surface area contributed by atoms with Crippen LogP contribution in [-0.2, 0) is 5.54 Å². The Labute approximate surface area is 175 Å². The Morgan fingerprint density at radius 3 is 2.86 bits per heavy atom. The molecule has 0 bridgehead atoms. The van der Waals surface area contributed by atoms with Crippen LogP contribution in [0.5, 0.6) is 0 Å². The van der Waals surface area contributed by atoms with Gasteiger partial charge in [0.2, 0.25) is 0 Å². The van der Waals surface area contributed by atoms with Crippen molar-refractivity contribution in [2.45, 2.75) is 31.2 Å². The molecule has 1 aliphatic carbocycles. The normalized spacial score (nSPS) is 20.9. The molecule has 3 N–H and O–H groups in total. The molecule has 1 aliphatic rings. The Balaban J connectivity index is 0.000000313. The third kappa shape index (κ3) is 5.83. The largest absolute Gasteiger partial charge is 0.388 e. The van der Waals surface area contributed by atoms with Crippen molar-refractivity contribution in [3.05, 3.63) is 53.9 Å². The Hall–Kier alpha value is -2.32. The van der Waals surface area contributed by atoms with Crippen LogP contribution in [0.15, 0.2) is 41.8 Å². The van der Waals surface area contributed by atoms with E-state index in [1.807, 2.05) is 13.1 Å². The lowest BCUT2D eigenvalue weighted by Gasteiger charge is -2.41. The minimum absolute atomic E-state index is 0.189. The summed E-state index contributed by atoms with van der Waals surface area (Å²) in [4.78, 5) is 21.7. The molecule has 3 rings (SSSR count). The lowest BCUT2D eigenvalue weighted by Crippen LogP contribution is -2.38. The van der Waals surface area contributed by atoms with Gasteiger partial charge in [-0.3, -0.25) is 19.8 Å². The van der Waals surface area contributed by atoms with Crippen LogP contribution >= 0.6 is 11.8 Å². The predicted octanol–water partition coefficient (Wildman–Crippen LogP) is 3.89. The van der Waals surface area contributed by atoms with Crippen LogP contribution in [-0.4, -0.2) is 41.6 Å². The first-order valence-corrected chi connectivity index (χ1v) is 10.7. The minimum Gasteiger partial charge on any atom is -0.388 e. The minimum atomic E-state index is -0.517. The maximum atomic E-state index is 14.5. The molecule has 1 aromatic heterocycles. The fourth-order valence-corrected chi connectivity index (χ4v) is 4.55. The number of thioether (sulfide) groups is 1. The quantitative estimate of drug-likeness (QED) is 0.403. The second-order valence-electron chi connectivity index (χ2n) is 6.76. The summed E-state index contributed by atoms with van der Waals surface area (Å²) in [6, 6.07) is 5.16. The van der Waals surface area contributed by atoms with Gasteiger partial charge in [-0.05, 0) is 43.7 Å². The molecule has 1 aromatic carbocycles.